The molecule has 0 saturated carbocycles. The summed E-state index contributed by atoms with van der Waals surface area (Å²) in [4.78, 5) is 4.54. The molecule has 172 valence electrons. The molecule has 0 amide bonds. The second kappa shape index (κ2) is 14.3. The maximum absolute atomic E-state index is 12.1. The van der Waals surface area contributed by atoms with Gasteiger partial charge in [0.25, 0.3) is 0 Å². The van der Waals surface area contributed by atoms with E-state index in [-0.39, 0.29) is 43.1 Å². The SMILES string of the molecule is CCNC(=NCc1ccc(COCC(F)(F)F)cc1)NCC(CO)c1ccccc1.I. The molecule has 0 aliphatic heterocycles. The molecule has 0 aliphatic carbocycles. The van der Waals surface area contributed by atoms with E-state index in [1.165, 1.54) is 0 Å². The van der Waals surface area contributed by atoms with Gasteiger partial charge in [0.15, 0.2) is 5.96 Å². The van der Waals surface area contributed by atoms with Crippen molar-refractivity contribution >= 4 is 29.9 Å². The zero-order chi connectivity index (χ0) is 21.8. The van der Waals surface area contributed by atoms with E-state index in [0.717, 1.165) is 11.1 Å². The summed E-state index contributed by atoms with van der Waals surface area (Å²) < 4.78 is 41.0. The summed E-state index contributed by atoms with van der Waals surface area (Å²) in [6.45, 7) is 2.28. The molecule has 0 spiro atoms. The van der Waals surface area contributed by atoms with Gasteiger partial charge in [-0.25, -0.2) is 4.99 Å². The number of benzene rings is 2. The lowest BCUT2D eigenvalue weighted by atomic mass is 10.0. The molecule has 0 heterocycles. The molecule has 0 radical (unpaired) electrons. The van der Waals surface area contributed by atoms with Gasteiger partial charge in [-0.3, -0.25) is 0 Å². The largest absolute Gasteiger partial charge is 0.411 e. The van der Waals surface area contributed by atoms with Crippen LogP contribution in [-0.2, 0) is 17.9 Å². The quantitative estimate of drug-likeness (QED) is 0.235. The van der Waals surface area contributed by atoms with E-state index in [4.69, 9.17) is 0 Å². The van der Waals surface area contributed by atoms with E-state index in [9.17, 15) is 18.3 Å². The highest BCUT2D eigenvalue weighted by atomic mass is 127. The topological polar surface area (TPSA) is 65.9 Å². The monoisotopic (exact) mass is 551 g/mol. The van der Waals surface area contributed by atoms with Crippen LogP contribution in [0.2, 0.25) is 0 Å². The minimum absolute atomic E-state index is 0. The van der Waals surface area contributed by atoms with Crippen LogP contribution < -0.4 is 10.6 Å². The summed E-state index contributed by atoms with van der Waals surface area (Å²) in [6, 6.07) is 16.9. The molecule has 0 aromatic heterocycles. The van der Waals surface area contributed by atoms with Crippen molar-refractivity contribution in [2.75, 3.05) is 26.3 Å². The van der Waals surface area contributed by atoms with Crippen molar-refractivity contribution in [3.05, 3.63) is 71.3 Å². The van der Waals surface area contributed by atoms with Crippen LogP contribution in [0.3, 0.4) is 0 Å². The first-order chi connectivity index (χ1) is 14.4. The number of aliphatic hydroxyl groups excluding tert-OH is 1. The lowest BCUT2D eigenvalue weighted by Gasteiger charge is -2.18. The second-order valence-electron chi connectivity index (χ2n) is 6.79. The Hall–Kier alpha value is -1.85. The number of nitrogens with zero attached hydrogens (tertiary/aromatic N) is 1. The van der Waals surface area contributed by atoms with Crippen molar-refractivity contribution in [2.24, 2.45) is 4.99 Å². The lowest BCUT2D eigenvalue weighted by molar-refractivity contribution is -0.176. The Kier molecular flexibility index (Phi) is 12.5. The number of hydrogen-bond donors (Lipinski definition) is 3. The van der Waals surface area contributed by atoms with Crippen LogP contribution in [0.1, 0.15) is 29.5 Å². The molecule has 1 unspecified atom stereocenters. The molecule has 2 rings (SSSR count). The van der Waals surface area contributed by atoms with E-state index >= 15 is 0 Å². The van der Waals surface area contributed by atoms with Gasteiger partial charge in [-0.15, -0.1) is 24.0 Å². The zero-order valence-corrected chi connectivity index (χ0v) is 19.7. The van der Waals surface area contributed by atoms with Crippen LogP contribution in [0.25, 0.3) is 0 Å². The van der Waals surface area contributed by atoms with Gasteiger partial charge in [-0.05, 0) is 23.6 Å². The summed E-state index contributed by atoms with van der Waals surface area (Å²) in [5.74, 6) is 0.579. The smallest absolute Gasteiger partial charge is 0.396 e. The minimum atomic E-state index is -4.32. The molecule has 5 nitrogen and oxygen atoms in total. The minimum Gasteiger partial charge on any atom is -0.396 e. The maximum Gasteiger partial charge on any atom is 0.411 e. The Balaban J connectivity index is 0.00000480. The Labute approximate surface area is 198 Å². The predicted molar refractivity (Wildman–Crippen MR) is 127 cm³/mol. The molecule has 31 heavy (non-hydrogen) atoms. The molecular weight excluding hydrogens is 522 g/mol. The highest BCUT2D eigenvalue weighted by molar-refractivity contribution is 14.0. The number of halogens is 4. The van der Waals surface area contributed by atoms with E-state index in [1.807, 2.05) is 49.4 Å². The molecule has 0 saturated heterocycles. The number of aliphatic hydroxyl groups is 1. The van der Waals surface area contributed by atoms with Gasteiger partial charge in [0.2, 0.25) is 0 Å². The fourth-order valence-corrected chi connectivity index (χ4v) is 2.77. The second-order valence-corrected chi connectivity index (χ2v) is 6.79. The molecule has 1 atom stereocenters. The third-order valence-corrected chi connectivity index (χ3v) is 4.33. The van der Waals surface area contributed by atoms with Gasteiger partial charge >= 0.3 is 6.18 Å². The number of alkyl halides is 3. The van der Waals surface area contributed by atoms with Crippen molar-refractivity contribution < 1.29 is 23.0 Å². The van der Waals surface area contributed by atoms with Gasteiger partial charge in [0.05, 0.1) is 19.8 Å². The first-order valence-electron chi connectivity index (χ1n) is 9.81. The average molecular weight is 551 g/mol. The number of hydrogen-bond acceptors (Lipinski definition) is 3. The van der Waals surface area contributed by atoms with Crippen LogP contribution in [-0.4, -0.2) is 43.5 Å². The van der Waals surface area contributed by atoms with Crippen LogP contribution >= 0.6 is 24.0 Å². The predicted octanol–water partition coefficient (Wildman–Crippen LogP) is 4.21. The van der Waals surface area contributed by atoms with Gasteiger partial charge in [-0.2, -0.15) is 13.2 Å². The number of aliphatic imine (C=N–C) groups is 1. The van der Waals surface area contributed by atoms with Crippen molar-refractivity contribution in [3.8, 4) is 0 Å². The first-order valence-corrected chi connectivity index (χ1v) is 9.81. The van der Waals surface area contributed by atoms with E-state index in [0.29, 0.717) is 31.2 Å². The fourth-order valence-electron chi connectivity index (χ4n) is 2.77. The highest BCUT2D eigenvalue weighted by Crippen LogP contribution is 2.16. The van der Waals surface area contributed by atoms with Crippen LogP contribution in [0, 0.1) is 0 Å². The van der Waals surface area contributed by atoms with Gasteiger partial charge in [-0.1, -0.05) is 54.6 Å². The zero-order valence-electron chi connectivity index (χ0n) is 17.4. The third kappa shape index (κ3) is 10.8. The van der Waals surface area contributed by atoms with Crippen molar-refractivity contribution in [1.29, 1.82) is 0 Å². The molecule has 2 aromatic carbocycles. The Bertz CT molecular complexity index is 772. The Morgan fingerprint density at radius 3 is 2.26 bits per heavy atom. The van der Waals surface area contributed by atoms with Crippen LogP contribution in [0.15, 0.2) is 59.6 Å². The standard InChI is InChI=1S/C22H28F3N3O2.HI/c1-2-26-21(28-13-20(14-29)19-6-4-3-5-7-19)27-12-17-8-10-18(11-9-17)15-30-16-22(23,24)25;/h3-11,20,29H,2,12-16H2,1H3,(H2,26,27,28);1H. The van der Waals surface area contributed by atoms with Gasteiger partial charge in [0.1, 0.15) is 6.61 Å². The molecular formula is C22H29F3IN3O2. The maximum atomic E-state index is 12.1. The number of guanidine groups is 1. The average Bonchev–Trinajstić information content (AvgIpc) is 2.73. The van der Waals surface area contributed by atoms with Crippen LogP contribution in [0.5, 0.6) is 0 Å². The molecule has 0 bridgehead atoms. The van der Waals surface area contributed by atoms with E-state index in [2.05, 4.69) is 20.4 Å². The molecule has 3 N–H and O–H groups in total. The van der Waals surface area contributed by atoms with E-state index in [1.54, 1.807) is 12.1 Å². The number of ether oxygens (including phenoxy) is 1. The summed E-state index contributed by atoms with van der Waals surface area (Å²) in [5, 5.41) is 16.1. The van der Waals surface area contributed by atoms with E-state index < -0.39 is 12.8 Å². The number of nitrogens with one attached hydrogen (secondary N) is 2. The van der Waals surface area contributed by atoms with Gasteiger partial charge in [0, 0.05) is 19.0 Å². The van der Waals surface area contributed by atoms with Crippen molar-refractivity contribution in [1.82, 2.24) is 10.6 Å². The van der Waals surface area contributed by atoms with Gasteiger partial charge < -0.3 is 20.5 Å². The highest BCUT2D eigenvalue weighted by Gasteiger charge is 2.27. The summed E-state index contributed by atoms with van der Waals surface area (Å²) in [5.41, 5.74) is 2.64. The normalized spacial score (nSPS) is 12.7. The summed E-state index contributed by atoms with van der Waals surface area (Å²) in [7, 11) is 0. The lowest BCUT2D eigenvalue weighted by Crippen LogP contribution is -2.39. The number of rotatable bonds is 10. The molecule has 9 heteroatoms. The summed E-state index contributed by atoms with van der Waals surface area (Å²) in [6.07, 6.45) is -4.32. The van der Waals surface area contributed by atoms with Crippen LogP contribution in [0.4, 0.5) is 13.2 Å². The molecule has 0 aliphatic rings. The van der Waals surface area contributed by atoms with Crippen molar-refractivity contribution in [2.45, 2.75) is 32.2 Å². The molecule has 0 fully saturated rings. The Morgan fingerprint density at radius 1 is 1.03 bits per heavy atom. The molecule has 2 aromatic rings. The summed E-state index contributed by atoms with van der Waals surface area (Å²) >= 11 is 0. The first kappa shape index (κ1) is 27.2. The Morgan fingerprint density at radius 2 is 1.68 bits per heavy atom. The fraction of sp³-hybridized carbons (Fsp3) is 0.409. The van der Waals surface area contributed by atoms with Crippen molar-refractivity contribution in [3.63, 3.8) is 0 Å². The third-order valence-electron chi connectivity index (χ3n) is 4.33.